The van der Waals surface area contributed by atoms with Crippen molar-refractivity contribution in [1.29, 1.82) is 0 Å². The number of benzene rings is 1. The van der Waals surface area contributed by atoms with Crippen LogP contribution in [0.2, 0.25) is 0 Å². The van der Waals surface area contributed by atoms with E-state index >= 15 is 0 Å². The highest BCUT2D eigenvalue weighted by atomic mass is 16.5. The Morgan fingerprint density at radius 3 is 2.30 bits per heavy atom. The second kappa shape index (κ2) is 10.4. The molecule has 1 aromatic rings. The largest absolute Gasteiger partial charge is 0.469 e. The molecule has 2 rings (SSSR count). The third-order valence-corrected chi connectivity index (χ3v) is 4.54. The van der Waals surface area contributed by atoms with E-state index in [-0.39, 0.29) is 18.9 Å². The van der Waals surface area contributed by atoms with Crippen molar-refractivity contribution in [2.75, 3.05) is 33.9 Å². The third kappa shape index (κ3) is 5.91. The molecule has 1 aliphatic heterocycles. The molecule has 1 aromatic carbocycles. The van der Waals surface area contributed by atoms with E-state index in [0.717, 1.165) is 19.3 Å². The van der Waals surface area contributed by atoms with Crippen LogP contribution in [-0.2, 0) is 23.9 Å². The molecule has 1 saturated heterocycles. The zero-order chi connectivity index (χ0) is 19.6. The maximum atomic E-state index is 13.0. The van der Waals surface area contributed by atoms with Crippen LogP contribution in [0, 0.1) is 5.92 Å². The van der Waals surface area contributed by atoms with Gasteiger partial charge < -0.3 is 14.4 Å². The first-order chi connectivity index (χ1) is 13.1. The summed E-state index contributed by atoms with van der Waals surface area (Å²) in [6, 6.07) is 9.16. The van der Waals surface area contributed by atoms with Crippen molar-refractivity contribution in [3.63, 3.8) is 0 Å². The van der Waals surface area contributed by atoms with Gasteiger partial charge in [-0.15, -0.1) is 0 Å². The first-order valence-corrected chi connectivity index (χ1v) is 9.10. The van der Waals surface area contributed by atoms with Crippen molar-refractivity contribution in [3.05, 3.63) is 35.9 Å². The summed E-state index contributed by atoms with van der Waals surface area (Å²) in [5.74, 6) is -2.02. The lowest BCUT2D eigenvalue weighted by atomic mass is 10.0. The van der Waals surface area contributed by atoms with Gasteiger partial charge in [0.25, 0.3) is 5.91 Å². The third-order valence-electron chi connectivity index (χ3n) is 4.54. The van der Waals surface area contributed by atoms with Crippen molar-refractivity contribution in [1.82, 2.24) is 4.90 Å². The van der Waals surface area contributed by atoms with Gasteiger partial charge in [-0.2, -0.15) is 0 Å². The van der Waals surface area contributed by atoms with E-state index in [1.54, 1.807) is 4.90 Å². The first kappa shape index (κ1) is 20.6. The van der Waals surface area contributed by atoms with E-state index in [2.05, 4.69) is 9.73 Å². The van der Waals surface area contributed by atoms with E-state index in [4.69, 9.17) is 4.74 Å². The molecule has 1 heterocycles. The fraction of sp³-hybridized carbons (Fsp3) is 0.500. The second-order valence-electron chi connectivity index (χ2n) is 6.41. The number of methoxy groups -OCH3 is 2. The molecule has 7 heteroatoms. The van der Waals surface area contributed by atoms with E-state index in [1.165, 1.54) is 14.2 Å². The van der Waals surface area contributed by atoms with Crippen LogP contribution in [0.5, 0.6) is 0 Å². The zero-order valence-corrected chi connectivity index (χ0v) is 15.8. The van der Waals surface area contributed by atoms with Crippen LogP contribution < -0.4 is 0 Å². The topological polar surface area (TPSA) is 85.3 Å². The molecule has 1 aliphatic rings. The van der Waals surface area contributed by atoms with Gasteiger partial charge >= 0.3 is 11.9 Å². The van der Waals surface area contributed by atoms with Gasteiger partial charge in [-0.25, -0.2) is 0 Å². The lowest BCUT2D eigenvalue weighted by molar-refractivity contribution is -0.151. The number of carbonyl (C=O) groups is 3. The SMILES string of the molecule is COC(=O)CC(CN=C(C(=O)N1CCCCC1)c1ccccc1)C(=O)OC. The van der Waals surface area contributed by atoms with Crippen molar-refractivity contribution in [2.24, 2.45) is 10.9 Å². The average molecular weight is 374 g/mol. The molecule has 1 unspecified atom stereocenters. The normalized spacial score (nSPS) is 15.8. The van der Waals surface area contributed by atoms with Crippen LogP contribution in [0.3, 0.4) is 0 Å². The summed E-state index contributed by atoms with van der Waals surface area (Å²) in [7, 11) is 2.52. The fourth-order valence-corrected chi connectivity index (χ4v) is 3.00. The number of piperidine rings is 1. The number of nitrogens with zero attached hydrogens (tertiary/aromatic N) is 2. The molecule has 0 aliphatic carbocycles. The molecule has 0 spiro atoms. The van der Waals surface area contributed by atoms with Crippen molar-refractivity contribution >= 4 is 23.6 Å². The molecule has 27 heavy (non-hydrogen) atoms. The number of hydrogen-bond donors (Lipinski definition) is 0. The predicted molar refractivity (Wildman–Crippen MR) is 100 cm³/mol. The van der Waals surface area contributed by atoms with Crippen molar-refractivity contribution in [3.8, 4) is 0 Å². The standard InChI is InChI=1S/C20H26N2O5/c1-26-17(23)13-16(20(25)27-2)14-21-18(15-9-5-3-6-10-15)19(24)22-11-7-4-8-12-22/h3,5-6,9-10,16H,4,7-8,11-14H2,1-2H3. The summed E-state index contributed by atoms with van der Waals surface area (Å²) in [4.78, 5) is 42.8. The number of rotatable bonds is 7. The molecule has 0 saturated carbocycles. The molecule has 1 amide bonds. The second-order valence-corrected chi connectivity index (χ2v) is 6.41. The molecule has 146 valence electrons. The Kier molecular flexibility index (Phi) is 7.98. The minimum absolute atomic E-state index is 0.0222. The molecule has 0 aromatic heterocycles. The Balaban J connectivity index is 2.26. The van der Waals surface area contributed by atoms with E-state index in [1.807, 2.05) is 30.3 Å². The first-order valence-electron chi connectivity index (χ1n) is 9.10. The highest BCUT2D eigenvalue weighted by Gasteiger charge is 2.26. The summed E-state index contributed by atoms with van der Waals surface area (Å²) in [5, 5.41) is 0. The molecule has 0 bridgehead atoms. The monoisotopic (exact) mass is 374 g/mol. The number of ether oxygens (including phenoxy) is 2. The molecule has 0 N–H and O–H groups in total. The van der Waals surface area contributed by atoms with Gasteiger partial charge in [0.15, 0.2) is 0 Å². The number of esters is 2. The van der Waals surface area contributed by atoms with Crippen LogP contribution in [-0.4, -0.2) is 62.3 Å². The lowest BCUT2D eigenvalue weighted by Crippen LogP contribution is -2.40. The summed E-state index contributed by atoms with van der Waals surface area (Å²) in [5.41, 5.74) is 0.992. The highest BCUT2D eigenvalue weighted by Crippen LogP contribution is 2.14. The number of likely N-dealkylation sites (tertiary alicyclic amines) is 1. The van der Waals surface area contributed by atoms with Crippen molar-refractivity contribution in [2.45, 2.75) is 25.7 Å². The molecule has 1 atom stereocenters. The maximum Gasteiger partial charge on any atom is 0.311 e. The van der Waals surface area contributed by atoms with Gasteiger partial charge in [-0.1, -0.05) is 30.3 Å². The Hall–Kier alpha value is -2.70. The highest BCUT2D eigenvalue weighted by molar-refractivity contribution is 6.45. The molecule has 0 radical (unpaired) electrons. The van der Waals surface area contributed by atoms with Gasteiger partial charge in [-0.05, 0) is 19.3 Å². The van der Waals surface area contributed by atoms with Gasteiger partial charge in [0, 0.05) is 18.7 Å². The Morgan fingerprint density at radius 1 is 1.04 bits per heavy atom. The van der Waals surface area contributed by atoms with Gasteiger partial charge in [0.2, 0.25) is 0 Å². The van der Waals surface area contributed by atoms with Gasteiger partial charge in [0.05, 0.1) is 33.1 Å². The van der Waals surface area contributed by atoms with E-state index in [9.17, 15) is 14.4 Å². The Labute approximate surface area is 159 Å². The minimum Gasteiger partial charge on any atom is -0.469 e. The summed E-state index contributed by atoms with van der Waals surface area (Å²) in [6.45, 7) is 1.38. The molecular weight excluding hydrogens is 348 g/mol. The number of aliphatic imine (C=N–C) groups is 1. The fourth-order valence-electron chi connectivity index (χ4n) is 3.00. The zero-order valence-electron chi connectivity index (χ0n) is 15.8. The lowest BCUT2D eigenvalue weighted by Gasteiger charge is -2.27. The van der Waals surface area contributed by atoms with Gasteiger partial charge in [0.1, 0.15) is 5.71 Å². The van der Waals surface area contributed by atoms with Crippen LogP contribution in [0.15, 0.2) is 35.3 Å². The summed E-state index contributed by atoms with van der Waals surface area (Å²) < 4.78 is 9.40. The minimum atomic E-state index is -0.796. The quantitative estimate of drug-likeness (QED) is 0.537. The van der Waals surface area contributed by atoms with Crippen LogP contribution >= 0.6 is 0 Å². The Morgan fingerprint density at radius 2 is 1.70 bits per heavy atom. The predicted octanol–water partition coefficient (Wildman–Crippen LogP) is 1.84. The molecule has 7 nitrogen and oxygen atoms in total. The molecular formula is C20H26N2O5. The maximum absolute atomic E-state index is 13.0. The van der Waals surface area contributed by atoms with Crippen LogP contribution in [0.25, 0.3) is 0 Å². The number of carbonyl (C=O) groups excluding carboxylic acids is 3. The summed E-state index contributed by atoms with van der Waals surface area (Å²) in [6.07, 6.45) is 2.92. The number of hydrogen-bond acceptors (Lipinski definition) is 6. The molecule has 1 fully saturated rings. The van der Waals surface area contributed by atoms with Crippen LogP contribution in [0.1, 0.15) is 31.2 Å². The van der Waals surface area contributed by atoms with Gasteiger partial charge in [-0.3, -0.25) is 19.4 Å². The Bertz CT molecular complexity index is 681. The summed E-state index contributed by atoms with van der Waals surface area (Å²) >= 11 is 0. The van der Waals surface area contributed by atoms with E-state index < -0.39 is 17.9 Å². The van der Waals surface area contributed by atoms with Crippen molar-refractivity contribution < 1.29 is 23.9 Å². The number of amides is 1. The van der Waals surface area contributed by atoms with E-state index in [0.29, 0.717) is 24.4 Å². The van der Waals surface area contributed by atoms with Crippen LogP contribution in [0.4, 0.5) is 0 Å². The average Bonchev–Trinajstić information content (AvgIpc) is 2.73. The smallest absolute Gasteiger partial charge is 0.311 e.